The van der Waals surface area contributed by atoms with Gasteiger partial charge in [0.2, 0.25) is 5.91 Å². The van der Waals surface area contributed by atoms with E-state index in [1.807, 2.05) is 45.7 Å². The van der Waals surface area contributed by atoms with E-state index in [0.717, 1.165) is 46.2 Å². The van der Waals surface area contributed by atoms with Crippen LogP contribution in [0.15, 0.2) is 42.6 Å². The van der Waals surface area contributed by atoms with Crippen LogP contribution in [0, 0.1) is 5.92 Å². The molecule has 9 nitrogen and oxygen atoms in total. The number of carbonyl (C=O) groups is 2. The zero-order chi connectivity index (χ0) is 27.9. The number of amides is 2. The molecule has 0 bridgehead atoms. The Labute approximate surface area is 229 Å². The fourth-order valence-electron chi connectivity index (χ4n) is 5.32. The molecule has 0 aliphatic carbocycles. The summed E-state index contributed by atoms with van der Waals surface area (Å²) in [5, 5.41) is 4.90. The van der Waals surface area contributed by atoms with Crippen LogP contribution in [-0.4, -0.2) is 65.4 Å². The van der Waals surface area contributed by atoms with Crippen molar-refractivity contribution in [3.8, 4) is 11.3 Å². The van der Waals surface area contributed by atoms with Crippen LogP contribution in [0.5, 0.6) is 0 Å². The molecule has 3 heterocycles. The van der Waals surface area contributed by atoms with Crippen LogP contribution in [0.2, 0.25) is 0 Å². The number of ether oxygens (including phenoxy) is 1. The van der Waals surface area contributed by atoms with Gasteiger partial charge < -0.3 is 29.2 Å². The number of H-pyrrole nitrogens is 1. The lowest BCUT2D eigenvalue weighted by Gasteiger charge is -2.30. The van der Waals surface area contributed by atoms with Crippen LogP contribution in [0.25, 0.3) is 22.0 Å². The van der Waals surface area contributed by atoms with Crippen molar-refractivity contribution in [3.63, 3.8) is 0 Å². The van der Waals surface area contributed by atoms with Crippen molar-refractivity contribution in [2.75, 3.05) is 13.7 Å². The van der Waals surface area contributed by atoms with Gasteiger partial charge >= 0.3 is 13.2 Å². The molecule has 3 aromatic rings. The molecule has 2 N–H and O–H groups in total. The van der Waals surface area contributed by atoms with Crippen LogP contribution in [0.1, 0.15) is 59.3 Å². The van der Waals surface area contributed by atoms with Gasteiger partial charge in [0, 0.05) is 12.1 Å². The second-order valence-electron chi connectivity index (χ2n) is 11.4. The maximum Gasteiger partial charge on any atom is 0.494 e. The van der Waals surface area contributed by atoms with Crippen LogP contribution < -0.4 is 10.8 Å². The van der Waals surface area contributed by atoms with Crippen molar-refractivity contribution in [2.45, 2.75) is 71.2 Å². The largest absolute Gasteiger partial charge is 0.494 e. The quantitative estimate of drug-likeness (QED) is 0.462. The molecule has 2 amide bonds. The van der Waals surface area contributed by atoms with E-state index in [9.17, 15) is 9.59 Å². The Morgan fingerprint density at radius 1 is 1.21 bits per heavy atom. The number of carbonyl (C=O) groups excluding carboxylic acids is 2. The van der Waals surface area contributed by atoms with Crippen molar-refractivity contribution in [2.24, 2.45) is 5.92 Å². The number of likely N-dealkylation sites (tertiary alicyclic amines) is 1. The van der Waals surface area contributed by atoms with Crippen LogP contribution in [-0.2, 0) is 18.8 Å². The normalized spacial score (nSPS) is 21.5. The number of alkyl carbamates (subject to hydrolysis) is 1. The number of fused-ring (bicyclic) bond motifs is 1. The lowest BCUT2D eigenvalue weighted by atomic mass is 9.78. The summed E-state index contributed by atoms with van der Waals surface area (Å²) in [5.74, 6) is 0.550. The lowest BCUT2D eigenvalue weighted by Crippen LogP contribution is -2.51. The third kappa shape index (κ3) is 5.40. The zero-order valence-corrected chi connectivity index (χ0v) is 23.5. The predicted octanol–water partition coefficient (Wildman–Crippen LogP) is 4.18. The van der Waals surface area contributed by atoms with E-state index in [0.29, 0.717) is 6.54 Å². The molecule has 2 aliphatic heterocycles. The molecule has 0 saturated carbocycles. The molecular weight excluding hydrogens is 495 g/mol. The van der Waals surface area contributed by atoms with E-state index in [-0.39, 0.29) is 36.7 Å². The minimum Gasteiger partial charge on any atom is -0.453 e. The molecule has 10 heteroatoms. The molecule has 0 radical (unpaired) electrons. The molecule has 206 valence electrons. The van der Waals surface area contributed by atoms with Crippen molar-refractivity contribution in [1.82, 2.24) is 20.2 Å². The summed E-state index contributed by atoms with van der Waals surface area (Å²) in [6, 6.07) is 11.7. The molecular formula is C29H37BN4O5. The first-order valence-electron chi connectivity index (χ1n) is 13.6. The van der Waals surface area contributed by atoms with Crippen molar-refractivity contribution in [1.29, 1.82) is 0 Å². The Morgan fingerprint density at radius 2 is 1.95 bits per heavy atom. The number of hydrogen-bond donors (Lipinski definition) is 2. The summed E-state index contributed by atoms with van der Waals surface area (Å²) in [4.78, 5) is 35.2. The molecule has 2 fully saturated rings. The number of nitrogens with one attached hydrogen (secondary N) is 2. The molecule has 3 unspecified atom stereocenters. The van der Waals surface area contributed by atoms with Crippen molar-refractivity contribution < 1.29 is 23.6 Å². The van der Waals surface area contributed by atoms with E-state index in [1.165, 1.54) is 7.11 Å². The zero-order valence-electron chi connectivity index (χ0n) is 23.5. The summed E-state index contributed by atoms with van der Waals surface area (Å²) in [6.07, 6.45) is 2.91. The number of imidazole rings is 1. The van der Waals surface area contributed by atoms with E-state index in [4.69, 9.17) is 14.0 Å². The second-order valence-corrected chi connectivity index (χ2v) is 11.4. The minimum absolute atomic E-state index is 0.0154. The Hall–Kier alpha value is -3.37. The molecule has 2 aliphatic rings. The van der Waals surface area contributed by atoms with E-state index in [2.05, 4.69) is 51.7 Å². The molecule has 39 heavy (non-hydrogen) atoms. The molecule has 2 aromatic carbocycles. The predicted molar refractivity (Wildman–Crippen MR) is 150 cm³/mol. The average molecular weight is 532 g/mol. The SMILES string of the molecule is COC(=O)NC(C(=O)N1CCCC1c1ncc(-c2ccc3cc(B4OC(C)C(C)(C)O4)ccc3c2)[nH]1)C(C)C. The fourth-order valence-corrected chi connectivity index (χ4v) is 5.32. The van der Waals surface area contributed by atoms with Gasteiger partial charge in [0.15, 0.2) is 0 Å². The lowest BCUT2D eigenvalue weighted by molar-refractivity contribution is -0.135. The highest BCUT2D eigenvalue weighted by molar-refractivity contribution is 6.62. The van der Waals surface area contributed by atoms with Gasteiger partial charge in [-0.3, -0.25) is 4.79 Å². The Bertz CT molecular complexity index is 1370. The van der Waals surface area contributed by atoms with Gasteiger partial charge in [0.25, 0.3) is 0 Å². The van der Waals surface area contributed by atoms with Gasteiger partial charge in [-0.1, -0.05) is 44.2 Å². The molecule has 1 aromatic heterocycles. The Morgan fingerprint density at radius 3 is 2.64 bits per heavy atom. The highest BCUT2D eigenvalue weighted by atomic mass is 16.7. The van der Waals surface area contributed by atoms with E-state index in [1.54, 1.807) is 0 Å². The summed E-state index contributed by atoms with van der Waals surface area (Å²) < 4.78 is 16.9. The summed E-state index contributed by atoms with van der Waals surface area (Å²) in [7, 11) is 0.926. The van der Waals surface area contributed by atoms with Crippen LogP contribution in [0.3, 0.4) is 0 Å². The number of aromatic nitrogens is 2. The minimum atomic E-state index is -0.660. The maximum atomic E-state index is 13.4. The third-order valence-corrected chi connectivity index (χ3v) is 8.00. The third-order valence-electron chi connectivity index (χ3n) is 8.00. The van der Waals surface area contributed by atoms with Crippen molar-refractivity contribution in [3.05, 3.63) is 48.4 Å². The second kappa shape index (κ2) is 10.7. The first kappa shape index (κ1) is 27.2. The monoisotopic (exact) mass is 532 g/mol. The van der Waals surface area contributed by atoms with Gasteiger partial charge in [0.1, 0.15) is 11.9 Å². The van der Waals surface area contributed by atoms with E-state index >= 15 is 0 Å². The summed E-state index contributed by atoms with van der Waals surface area (Å²) >= 11 is 0. The summed E-state index contributed by atoms with van der Waals surface area (Å²) in [5.41, 5.74) is 2.58. The topological polar surface area (TPSA) is 106 Å². The molecule has 0 spiro atoms. The Balaban J connectivity index is 1.34. The summed E-state index contributed by atoms with van der Waals surface area (Å²) in [6.45, 7) is 10.6. The van der Waals surface area contributed by atoms with Crippen LogP contribution >= 0.6 is 0 Å². The molecule has 2 saturated heterocycles. The van der Waals surface area contributed by atoms with E-state index < -0.39 is 12.1 Å². The van der Waals surface area contributed by atoms with Gasteiger partial charge in [-0.05, 0) is 61.8 Å². The fraction of sp³-hybridized carbons (Fsp3) is 0.483. The number of rotatable bonds is 6. The number of methoxy groups -OCH3 is 1. The number of benzene rings is 2. The molecule has 3 atom stereocenters. The van der Waals surface area contributed by atoms with Gasteiger partial charge in [-0.2, -0.15) is 0 Å². The van der Waals surface area contributed by atoms with Gasteiger partial charge in [-0.25, -0.2) is 9.78 Å². The highest BCUT2D eigenvalue weighted by Gasteiger charge is 2.44. The average Bonchev–Trinajstić information content (AvgIpc) is 3.65. The maximum absolute atomic E-state index is 13.4. The van der Waals surface area contributed by atoms with Gasteiger partial charge in [-0.15, -0.1) is 0 Å². The van der Waals surface area contributed by atoms with Gasteiger partial charge in [0.05, 0.1) is 36.7 Å². The van der Waals surface area contributed by atoms with Crippen LogP contribution in [0.4, 0.5) is 4.79 Å². The number of aromatic amines is 1. The highest BCUT2D eigenvalue weighted by Crippen LogP contribution is 2.33. The smallest absolute Gasteiger partial charge is 0.453 e. The number of nitrogens with zero attached hydrogens (tertiary/aromatic N) is 2. The number of hydrogen-bond acceptors (Lipinski definition) is 6. The Kier molecular flexibility index (Phi) is 7.44. The van der Waals surface area contributed by atoms with Crippen molar-refractivity contribution >= 4 is 35.4 Å². The molecule has 5 rings (SSSR count). The standard InChI is InChI=1S/C29H37BN4O5/c1-17(2)25(33-28(36)37-6)27(35)34-13-7-8-24(34)26-31-16-23(32-26)21-10-9-20-15-22(12-11-19(20)14-21)30-38-18(3)29(4,5)39-30/h9-12,14-18,24-25H,7-8,13H2,1-6H3,(H,31,32)(H,33,36). The first-order valence-corrected chi connectivity index (χ1v) is 13.6. The first-order chi connectivity index (χ1) is 18.6.